The number of aliphatic imine (C=N–C) groups is 2. The molecule has 0 aliphatic carbocycles. The maximum absolute atomic E-state index is 15.7. The van der Waals surface area contributed by atoms with Crippen LogP contribution in [0.25, 0.3) is 5.69 Å². The van der Waals surface area contributed by atoms with Crippen LogP contribution in [-0.2, 0) is 0 Å². The first-order chi connectivity index (χ1) is 20.6. The number of hydrogen-bond donors (Lipinski definition) is 1. The molecule has 1 aromatic heterocycles. The average Bonchev–Trinajstić information content (AvgIpc) is 3.37. The molecule has 1 N–H and O–H groups in total. The van der Waals surface area contributed by atoms with E-state index in [-0.39, 0.29) is 5.82 Å². The molecule has 208 valence electrons. The van der Waals surface area contributed by atoms with Crippen LogP contribution in [0.1, 0.15) is 22.9 Å². The molecular formula is C33H27FN6O2. The number of benzene rings is 4. The third-order valence-electron chi connectivity index (χ3n) is 7.50. The van der Waals surface area contributed by atoms with E-state index in [2.05, 4.69) is 5.32 Å². The van der Waals surface area contributed by atoms with Crippen LogP contribution in [0.5, 0.6) is 11.5 Å². The van der Waals surface area contributed by atoms with Crippen molar-refractivity contribution in [2.45, 2.75) is 13.0 Å². The van der Waals surface area contributed by atoms with Crippen molar-refractivity contribution in [1.82, 2.24) is 9.78 Å². The van der Waals surface area contributed by atoms with Gasteiger partial charge in [0.05, 0.1) is 48.7 Å². The molecule has 42 heavy (non-hydrogen) atoms. The molecule has 0 amide bonds. The van der Waals surface area contributed by atoms with Gasteiger partial charge in [-0.1, -0.05) is 48.5 Å². The summed E-state index contributed by atoms with van der Waals surface area (Å²) in [5.74, 6) is 2.57. The van der Waals surface area contributed by atoms with Crippen molar-refractivity contribution in [3.05, 3.63) is 120 Å². The Kier molecular flexibility index (Phi) is 6.19. The molecule has 7 rings (SSSR count). The minimum atomic E-state index is -0.558. The summed E-state index contributed by atoms with van der Waals surface area (Å²) in [6.45, 7) is 1.94. The fourth-order valence-electron chi connectivity index (χ4n) is 5.57. The predicted molar refractivity (Wildman–Crippen MR) is 163 cm³/mol. The zero-order chi connectivity index (χ0) is 28.8. The fourth-order valence-corrected chi connectivity index (χ4v) is 5.57. The molecule has 0 radical (unpaired) electrons. The van der Waals surface area contributed by atoms with Gasteiger partial charge in [-0.05, 0) is 49.4 Å². The van der Waals surface area contributed by atoms with E-state index in [0.717, 1.165) is 28.3 Å². The predicted octanol–water partition coefficient (Wildman–Crippen LogP) is 7.13. The summed E-state index contributed by atoms with van der Waals surface area (Å²) in [5.41, 5.74) is 5.17. The van der Waals surface area contributed by atoms with Gasteiger partial charge in [-0.25, -0.2) is 19.1 Å². The normalized spacial score (nSPS) is 15.1. The number of nitrogens with one attached hydrogen (secondary N) is 1. The molecule has 2 aliphatic heterocycles. The lowest BCUT2D eigenvalue weighted by molar-refractivity contribution is 0.395. The lowest BCUT2D eigenvalue weighted by Crippen LogP contribution is -2.46. The van der Waals surface area contributed by atoms with Crippen LogP contribution in [0.15, 0.2) is 107 Å². The second-order valence-electron chi connectivity index (χ2n) is 9.94. The van der Waals surface area contributed by atoms with Crippen molar-refractivity contribution in [1.29, 1.82) is 0 Å². The van der Waals surface area contributed by atoms with Crippen LogP contribution in [0.3, 0.4) is 0 Å². The molecule has 0 saturated carbocycles. The number of aromatic nitrogens is 2. The largest absolute Gasteiger partial charge is 0.497 e. The number of para-hydroxylation sites is 3. The standard InChI is InChI=1S/C33H27FN6O2/c1-20-29-30(23-13-7-8-14-24(23)34)39-27-16-10-9-15-25(27)35-31(36-26-18-17-22(41-2)19-28(26)42-3)33(39)37-32(29)40(38-20)21-11-5-4-6-12-21/h4-19,30H,1-3H3,(H,35,36)/t30-/m0/s1. The third-order valence-corrected chi connectivity index (χ3v) is 7.50. The van der Waals surface area contributed by atoms with Crippen molar-refractivity contribution < 1.29 is 13.9 Å². The number of aryl methyl sites for hydroxylation is 1. The number of anilines is 2. The van der Waals surface area contributed by atoms with E-state index in [1.807, 2.05) is 95.4 Å². The number of fused-ring (bicyclic) bond motifs is 4. The summed E-state index contributed by atoms with van der Waals surface area (Å²) >= 11 is 0. The van der Waals surface area contributed by atoms with Gasteiger partial charge in [0.15, 0.2) is 17.5 Å². The van der Waals surface area contributed by atoms with Gasteiger partial charge in [0.25, 0.3) is 0 Å². The molecule has 8 nitrogen and oxygen atoms in total. The number of nitrogens with zero attached hydrogens (tertiary/aromatic N) is 5. The molecule has 0 fully saturated rings. The molecule has 4 aromatic carbocycles. The van der Waals surface area contributed by atoms with Gasteiger partial charge in [-0.3, -0.25) is 0 Å². The van der Waals surface area contributed by atoms with Crippen LogP contribution in [0.2, 0.25) is 0 Å². The first kappa shape index (κ1) is 25.5. The van der Waals surface area contributed by atoms with E-state index < -0.39 is 6.04 Å². The van der Waals surface area contributed by atoms with Crippen LogP contribution < -0.4 is 19.7 Å². The number of hydrogen-bond acceptors (Lipinski definition) is 7. The minimum absolute atomic E-state index is 0.312. The summed E-state index contributed by atoms with van der Waals surface area (Å²) in [6.07, 6.45) is 0. The highest BCUT2D eigenvalue weighted by Crippen LogP contribution is 2.48. The summed E-state index contributed by atoms with van der Waals surface area (Å²) in [4.78, 5) is 12.2. The van der Waals surface area contributed by atoms with E-state index in [1.54, 1.807) is 26.4 Å². The van der Waals surface area contributed by atoms with Crippen LogP contribution in [0.4, 0.5) is 27.3 Å². The Morgan fingerprint density at radius 2 is 1.60 bits per heavy atom. The number of halogens is 1. The highest BCUT2D eigenvalue weighted by atomic mass is 19.1. The smallest absolute Gasteiger partial charge is 0.179 e. The Bertz CT molecular complexity index is 1880. The molecular weight excluding hydrogens is 531 g/mol. The molecule has 2 aliphatic rings. The zero-order valence-electron chi connectivity index (χ0n) is 23.2. The van der Waals surface area contributed by atoms with Gasteiger partial charge in [0.2, 0.25) is 0 Å². The SMILES string of the molecule is COc1ccc(NC2=Nc3ccccc3N3C2=Nc2c(c(C)nn2-c2ccccc2)[C@@H]3c2ccccc2F)c(OC)c1. The summed E-state index contributed by atoms with van der Waals surface area (Å²) in [6, 6.07) is 29.4. The number of rotatable bonds is 5. The Labute approximate surface area is 242 Å². The van der Waals surface area contributed by atoms with Gasteiger partial charge in [0, 0.05) is 17.2 Å². The highest BCUT2D eigenvalue weighted by Gasteiger charge is 2.42. The molecule has 0 unspecified atom stereocenters. The first-order valence-electron chi connectivity index (χ1n) is 13.5. The van der Waals surface area contributed by atoms with E-state index >= 15 is 4.39 Å². The minimum Gasteiger partial charge on any atom is -0.497 e. The Morgan fingerprint density at radius 1 is 0.833 bits per heavy atom. The number of amidine groups is 2. The maximum atomic E-state index is 15.7. The molecule has 9 heteroatoms. The first-order valence-corrected chi connectivity index (χ1v) is 13.5. The summed E-state index contributed by atoms with van der Waals surface area (Å²) in [7, 11) is 3.21. The molecule has 0 bridgehead atoms. The highest BCUT2D eigenvalue weighted by molar-refractivity contribution is 6.51. The van der Waals surface area contributed by atoms with Crippen LogP contribution in [0, 0.1) is 12.7 Å². The number of methoxy groups -OCH3 is 2. The maximum Gasteiger partial charge on any atom is 0.179 e. The average molecular weight is 559 g/mol. The topological polar surface area (TPSA) is 76.3 Å². The second kappa shape index (κ2) is 10.2. The number of ether oxygens (including phenoxy) is 2. The Hall–Kier alpha value is -5.44. The van der Waals surface area contributed by atoms with Crippen LogP contribution in [-0.4, -0.2) is 35.7 Å². The van der Waals surface area contributed by atoms with Gasteiger partial charge in [-0.15, -0.1) is 0 Å². The molecule has 3 heterocycles. The quantitative estimate of drug-likeness (QED) is 0.248. The van der Waals surface area contributed by atoms with Crippen molar-refractivity contribution in [2.24, 2.45) is 9.98 Å². The monoisotopic (exact) mass is 558 g/mol. The lowest BCUT2D eigenvalue weighted by Gasteiger charge is -2.40. The Balaban J connectivity index is 1.49. The fraction of sp³-hybridized carbons (Fsp3) is 0.121. The molecule has 1 atom stereocenters. The second-order valence-corrected chi connectivity index (χ2v) is 9.94. The van der Waals surface area contributed by atoms with Gasteiger partial charge in [-0.2, -0.15) is 5.10 Å². The lowest BCUT2D eigenvalue weighted by atomic mass is 9.93. The molecule has 0 spiro atoms. The molecule has 0 saturated heterocycles. The van der Waals surface area contributed by atoms with Crippen LogP contribution >= 0.6 is 0 Å². The van der Waals surface area contributed by atoms with Gasteiger partial charge in [0.1, 0.15) is 17.3 Å². The van der Waals surface area contributed by atoms with E-state index in [1.165, 1.54) is 6.07 Å². The van der Waals surface area contributed by atoms with Crippen molar-refractivity contribution in [3.8, 4) is 17.2 Å². The molecule has 5 aromatic rings. The van der Waals surface area contributed by atoms with Gasteiger partial charge < -0.3 is 19.7 Å². The van der Waals surface area contributed by atoms with Crippen molar-refractivity contribution in [2.75, 3.05) is 24.4 Å². The van der Waals surface area contributed by atoms with Gasteiger partial charge >= 0.3 is 0 Å². The Morgan fingerprint density at radius 3 is 2.38 bits per heavy atom. The van der Waals surface area contributed by atoms with Crippen molar-refractivity contribution in [3.63, 3.8) is 0 Å². The summed E-state index contributed by atoms with van der Waals surface area (Å²) in [5, 5.41) is 8.35. The third kappa shape index (κ3) is 4.09. The van der Waals surface area contributed by atoms with E-state index in [9.17, 15) is 0 Å². The van der Waals surface area contributed by atoms with E-state index in [4.69, 9.17) is 24.6 Å². The van der Waals surface area contributed by atoms with E-state index in [0.29, 0.717) is 40.2 Å². The summed E-state index contributed by atoms with van der Waals surface area (Å²) < 4.78 is 28.6. The zero-order valence-corrected chi connectivity index (χ0v) is 23.2. The van der Waals surface area contributed by atoms with Crippen molar-refractivity contribution >= 4 is 34.6 Å².